The Morgan fingerprint density at radius 2 is 1.94 bits per heavy atom. The Labute approximate surface area is 209 Å². The molecule has 0 radical (unpaired) electrons. The first kappa shape index (κ1) is 26.4. The predicted octanol–water partition coefficient (Wildman–Crippen LogP) is 3.18. The van der Waals surface area contributed by atoms with E-state index in [1.54, 1.807) is 16.9 Å². The van der Waals surface area contributed by atoms with Gasteiger partial charge in [-0.3, -0.25) is 14.3 Å². The average Bonchev–Trinajstić information content (AvgIpc) is 3.29. The Bertz CT molecular complexity index is 1100. The van der Waals surface area contributed by atoms with Gasteiger partial charge in [0.15, 0.2) is 0 Å². The number of carboxylic acids is 1. The first-order chi connectivity index (χ1) is 16.7. The second-order valence-electron chi connectivity index (χ2n) is 8.56. The van der Waals surface area contributed by atoms with Crippen LogP contribution < -0.4 is 10.6 Å². The molecule has 1 aromatic carbocycles. The molecule has 2 aromatic rings. The number of aliphatic carboxylic acids is 1. The van der Waals surface area contributed by atoms with E-state index in [-0.39, 0.29) is 24.0 Å². The van der Waals surface area contributed by atoms with Crippen molar-refractivity contribution in [1.82, 2.24) is 20.4 Å². The molecule has 35 heavy (non-hydrogen) atoms. The second-order valence-corrected chi connectivity index (χ2v) is 8.97. The number of amides is 2. The number of ether oxygens (including phenoxy) is 1. The van der Waals surface area contributed by atoms with Crippen molar-refractivity contribution >= 4 is 29.4 Å². The molecule has 0 spiro atoms. The maximum absolute atomic E-state index is 13.1. The molecule has 3 N–H and O–H groups in total. The molecule has 0 bridgehead atoms. The molecule has 9 nitrogen and oxygen atoms in total. The highest BCUT2D eigenvalue weighted by Crippen LogP contribution is 2.25. The summed E-state index contributed by atoms with van der Waals surface area (Å²) in [5.74, 6) is -1.81. The topological polar surface area (TPSA) is 123 Å². The molecule has 1 heterocycles. The van der Waals surface area contributed by atoms with Crippen LogP contribution in [0.3, 0.4) is 0 Å². The number of benzene rings is 1. The largest absolute Gasteiger partial charge is 0.478 e. The van der Waals surface area contributed by atoms with Crippen LogP contribution >= 0.6 is 11.6 Å². The first-order valence-electron chi connectivity index (χ1n) is 11.6. The molecule has 3 atom stereocenters. The van der Waals surface area contributed by atoms with Crippen molar-refractivity contribution in [3.05, 3.63) is 64.5 Å². The lowest BCUT2D eigenvalue weighted by Crippen LogP contribution is -2.59. The number of hydrogen-bond donors (Lipinski definition) is 3. The lowest BCUT2D eigenvalue weighted by atomic mass is 9.87. The van der Waals surface area contributed by atoms with Gasteiger partial charge < -0.3 is 20.5 Å². The molecule has 2 amide bonds. The maximum Gasteiger partial charge on any atom is 0.331 e. The minimum absolute atomic E-state index is 0.0442. The maximum atomic E-state index is 13.1. The van der Waals surface area contributed by atoms with Gasteiger partial charge in [-0.05, 0) is 30.5 Å². The summed E-state index contributed by atoms with van der Waals surface area (Å²) in [7, 11) is 0. The van der Waals surface area contributed by atoms with Gasteiger partial charge in [0.25, 0.3) is 5.91 Å². The van der Waals surface area contributed by atoms with Gasteiger partial charge in [0.2, 0.25) is 5.91 Å². The minimum atomic E-state index is -1.09. The molecular formula is C25H31ClN4O5. The molecule has 1 aliphatic carbocycles. The Balaban J connectivity index is 1.80. The van der Waals surface area contributed by atoms with E-state index in [1.165, 1.54) is 19.2 Å². The van der Waals surface area contributed by atoms with Crippen LogP contribution in [0, 0.1) is 0 Å². The smallest absolute Gasteiger partial charge is 0.331 e. The Morgan fingerprint density at radius 1 is 1.23 bits per heavy atom. The first-order valence-corrected chi connectivity index (χ1v) is 12.0. The zero-order valence-corrected chi connectivity index (χ0v) is 20.8. The number of carbonyl (C=O) groups is 3. The molecule has 0 saturated carbocycles. The third kappa shape index (κ3) is 6.93. The van der Waals surface area contributed by atoms with Crippen LogP contribution in [-0.4, -0.2) is 57.0 Å². The van der Waals surface area contributed by atoms with Crippen LogP contribution in [0.25, 0.3) is 0 Å². The summed E-state index contributed by atoms with van der Waals surface area (Å²) in [6, 6.07) is 6.06. The highest BCUT2D eigenvalue weighted by molar-refractivity contribution is 6.31. The lowest BCUT2D eigenvalue weighted by molar-refractivity contribution is -0.133. The normalized spacial score (nSPS) is 19.8. The minimum Gasteiger partial charge on any atom is -0.478 e. The Hall–Kier alpha value is -3.17. The number of hydrogen-bond acceptors (Lipinski definition) is 5. The highest BCUT2D eigenvalue weighted by atomic mass is 35.5. The molecular weight excluding hydrogens is 472 g/mol. The zero-order valence-electron chi connectivity index (χ0n) is 20.0. The predicted molar refractivity (Wildman–Crippen MR) is 131 cm³/mol. The van der Waals surface area contributed by atoms with Crippen LogP contribution in [0.15, 0.2) is 48.3 Å². The van der Waals surface area contributed by atoms with Crippen molar-refractivity contribution in [3.8, 4) is 0 Å². The number of halogens is 1. The van der Waals surface area contributed by atoms with E-state index in [4.69, 9.17) is 16.3 Å². The second kappa shape index (κ2) is 12.0. The van der Waals surface area contributed by atoms with E-state index >= 15 is 0 Å². The summed E-state index contributed by atoms with van der Waals surface area (Å²) in [5.41, 5.74) is 1.30. The van der Waals surface area contributed by atoms with Crippen molar-refractivity contribution in [2.75, 3.05) is 0 Å². The van der Waals surface area contributed by atoms with E-state index in [0.29, 0.717) is 17.1 Å². The van der Waals surface area contributed by atoms with Gasteiger partial charge in [-0.2, -0.15) is 5.10 Å². The van der Waals surface area contributed by atoms with Crippen molar-refractivity contribution in [3.63, 3.8) is 0 Å². The molecule has 0 saturated heterocycles. The van der Waals surface area contributed by atoms with Crippen LogP contribution in [0.1, 0.15) is 56.0 Å². The molecule has 188 valence electrons. The fourth-order valence-corrected chi connectivity index (χ4v) is 4.32. The van der Waals surface area contributed by atoms with Gasteiger partial charge in [0.05, 0.1) is 42.6 Å². The number of rotatable bonds is 10. The molecule has 0 fully saturated rings. The standard InChI is InChI=1S/C25H31ClN4O5/c1-4-19(5-2)35-22-11-17(25(33)34)10-21(23(22)28-15(3)31)29-24(32)18-12-27-30(14-18)13-16-8-6-7-9-20(16)26/h6-9,11-12,14,19,21-23H,4-5,10,13H2,1-3H3,(H,28,31)(H,29,32)(H,33,34)/t21-,22+,23+/m0/s1. The number of nitrogens with zero attached hydrogens (tertiary/aromatic N) is 2. The van der Waals surface area contributed by atoms with E-state index in [0.717, 1.165) is 18.4 Å². The number of carboxylic acid groups (broad SMARTS) is 1. The van der Waals surface area contributed by atoms with Gasteiger partial charge >= 0.3 is 5.97 Å². The summed E-state index contributed by atoms with van der Waals surface area (Å²) in [6.45, 7) is 5.72. The number of carbonyl (C=O) groups excluding carboxylic acids is 2. The monoisotopic (exact) mass is 502 g/mol. The highest BCUT2D eigenvalue weighted by Gasteiger charge is 2.38. The average molecular weight is 503 g/mol. The Kier molecular flexibility index (Phi) is 9.06. The third-order valence-electron chi connectivity index (χ3n) is 6.00. The summed E-state index contributed by atoms with van der Waals surface area (Å²) in [6.07, 6.45) is 5.27. The van der Waals surface area contributed by atoms with Crippen molar-refractivity contribution in [2.24, 2.45) is 0 Å². The molecule has 3 rings (SSSR count). The van der Waals surface area contributed by atoms with E-state index < -0.39 is 30.1 Å². The van der Waals surface area contributed by atoms with Crippen LogP contribution in [-0.2, 0) is 20.9 Å². The van der Waals surface area contributed by atoms with E-state index in [1.807, 2.05) is 32.0 Å². The summed E-state index contributed by atoms with van der Waals surface area (Å²) in [5, 5.41) is 20.2. The molecule has 1 aromatic heterocycles. The fraction of sp³-hybridized carbons (Fsp3) is 0.440. The van der Waals surface area contributed by atoms with Crippen LogP contribution in [0.5, 0.6) is 0 Å². The van der Waals surface area contributed by atoms with E-state index in [2.05, 4.69) is 15.7 Å². The van der Waals surface area contributed by atoms with Gasteiger partial charge in [-0.25, -0.2) is 4.79 Å². The van der Waals surface area contributed by atoms with Crippen molar-refractivity contribution in [1.29, 1.82) is 0 Å². The number of nitrogens with one attached hydrogen (secondary N) is 2. The molecule has 0 aliphatic heterocycles. The van der Waals surface area contributed by atoms with Gasteiger partial charge in [-0.1, -0.05) is 43.6 Å². The van der Waals surface area contributed by atoms with Gasteiger partial charge in [-0.15, -0.1) is 0 Å². The van der Waals surface area contributed by atoms with Crippen LogP contribution in [0.2, 0.25) is 5.02 Å². The zero-order chi connectivity index (χ0) is 25.5. The lowest BCUT2D eigenvalue weighted by Gasteiger charge is -2.38. The fourth-order valence-electron chi connectivity index (χ4n) is 4.13. The van der Waals surface area contributed by atoms with Gasteiger partial charge in [0, 0.05) is 30.1 Å². The summed E-state index contributed by atoms with van der Waals surface area (Å²) >= 11 is 6.22. The molecule has 1 aliphatic rings. The summed E-state index contributed by atoms with van der Waals surface area (Å²) < 4.78 is 7.75. The number of aromatic nitrogens is 2. The van der Waals surface area contributed by atoms with Gasteiger partial charge in [0.1, 0.15) is 0 Å². The SMILES string of the molecule is CCC(CC)O[C@@H]1C=C(C(=O)O)C[C@H](NC(=O)c2cnn(Cc3ccccc3Cl)c2)[C@H]1NC(C)=O. The van der Waals surface area contributed by atoms with E-state index in [9.17, 15) is 19.5 Å². The molecule has 0 unspecified atom stereocenters. The quantitative estimate of drug-likeness (QED) is 0.458. The van der Waals surface area contributed by atoms with Crippen LogP contribution in [0.4, 0.5) is 0 Å². The van der Waals surface area contributed by atoms with Crippen molar-refractivity contribution in [2.45, 2.75) is 70.9 Å². The Morgan fingerprint density at radius 3 is 2.57 bits per heavy atom. The van der Waals surface area contributed by atoms with Crippen molar-refractivity contribution < 1.29 is 24.2 Å². The molecule has 10 heteroatoms. The third-order valence-corrected chi connectivity index (χ3v) is 6.37. The summed E-state index contributed by atoms with van der Waals surface area (Å²) in [4.78, 5) is 36.9.